The van der Waals surface area contributed by atoms with Crippen molar-refractivity contribution in [2.75, 3.05) is 13.6 Å². The maximum Gasteiger partial charge on any atom is 0.0381 e. The van der Waals surface area contributed by atoms with Gasteiger partial charge in [-0.3, -0.25) is 4.90 Å². The summed E-state index contributed by atoms with van der Waals surface area (Å²) in [6, 6.07) is 1.65. The van der Waals surface area contributed by atoms with Crippen LogP contribution < -0.4 is 5.32 Å². The molecule has 0 aromatic carbocycles. The number of hydrogen-bond donors (Lipinski definition) is 1. The SMILES string of the molecule is C=C(CN(C1CCCCC1)C1CCCCC1)NC. The van der Waals surface area contributed by atoms with E-state index in [-0.39, 0.29) is 0 Å². The number of hydrogen-bond acceptors (Lipinski definition) is 2. The van der Waals surface area contributed by atoms with Crippen molar-refractivity contribution >= 4 is 0 Å². The molecule has 2 saturated carbocycles. The molecule has 18 heavy (non-hydrogen) atoms. The lowest BCUT2D eigenvalue weighted by atomic mass is 9.88. The average molecular weight is 250 g/mol. The van der Waals surface area contributed by atoms with Crippen molar-refractivity contribution in [2.24, 2.45) is 0 Å². The summed E-state index contributed by atoms with van der Waals surface area (Å²) in [5.41, 5.74) is 1.19. The maximum absolute atomic E-state index is 4.15. The molecule has 2 fully saturated rings. The zero-order chi connectivity index (χ0) is 12.8. The number of likely N-dealkylation sites (N-methyl/N-ethyl adjacent to an activating group) is 1. The van der Waals surface area contributed by atoms with Gasteiger partial charge in [-0.15, -0.1) is 0 Å². The Bertz CT molecular complexity index is 232. The van der Waals surface area contributed by atoms with E-state index in [1.54, 1.807) is 0 Å². The van der Waals surface area contributed by atoms with Crippen LogP contribution in [0.25, 0.3) is 0 Å². The maximum atomic E-state index is 4.15. The summed E-state index contributed by atoms with van der Waals surface area (Å²) in [5.74, 6) is 0. The van der Waals surface area contributed by atoms with Crippen LogP contribution in [0.1, 0.15) is 64.2 Å². The molecule has 0 heterocycles. The molecular formula is C16H30N2. The molecule has 0 aliphatic heterocycles. The molecule has 2 heteroatoms. The van der Waals surface area contributed by atoms with Gasteiger partial charge in [0.25, 0.3) is 0 Å². The van der Waals surface area contributed by atoms with E-state index in [0.29, 0.717) is 0 Å². The second-order valence-corrected chi connectivity index (χ2v) is 6.11. The molecule has 0 atom stereocenters. The molecule has 2 aliphatic carbocycles. The standard InChI is InChI=1S/C16H30N2/c1-14(17-2)13-18(15-9-5-3-6-10-15)16-11-7-4-8-12-16/h15-17H,1,3-13H2,2H3. The largest absolute Gasteiger partial charge is 0.391 e. The minimum absolute atomic E-state index is 0.826. The van der Waals surface area contributed by atoms with Crippen molar-refractivity contribution in [3.05, 3.63) is 12.3 Å². The fourth-order valence-electron chi connectivity index (χ4n) is 3.68. The monoisotopic (exact) mass is 250 g/mol. The molecule has 0 saturated heterocycles. The van der Waals surface area contributed by atoms with Crippen LogP contribution in [-0.2, 0) is 0 Å². The van der Waals surface area contributed by atoms with Gasteiger partial charge in [-0.2, -0.15) is 0 Å². The van der Waals surface area contributed by atoms with Crippen LogP contribution in [-0.4, -0.2) is 30.6 Å². The Morgan fingerprint density at radius 1 is 0.944 bits per heavy atom. The quantitative estimate of drug-likeness (QED) is 0.800. The molecule has 0 aromatic heterocycles. The van der Waals surface area contributed by atoms with E-state index >= 15 is 0 Å². The highest BCUT2D eigenvalue weighted by Gasteiger charge is 2.28. The van der Waals surface area contributed by atoms with Crippen molar-refractivity contribution in [1.82, 2.24) is 10.2 Å². The van der Waals surface area contributed by atoms with Crippen LogP contribution in [0.4, 0.5) is 0 Å². The Balaban J connectivity index is 1.97. The first-order valence-electron chi connectivity index (χ1n) is 7.92. The molecular weight excluding hydrogens is 220 g/mol. The van der Waals surface area contributed by atoms with Gasteiger partial charge in [-0.25, -0.2) is 0 Å². The Kier molecular flexibility index (Phi) is 5.55. The van der Waals surface area contributed by atoms with Crippen molar-refractivity contribution in [1.29, 1.82) is 0 Å². The zero-order valence-electron chi connectivity index (χ0n) is 12.1. The van der Waals surface area contributed by atoms with E-state index in [4.69, 9.17) is 0 Å². The summed E-state index contributed by atoms with van der Waals surface area (Å²) < 4.78 is 0. The van der Waals surface area contributed by atoms with Gasteiger partial charge < -0.3 is 5.32 Å². The van der Waals surface area contributed by atoms with Gasteiger partial charge in [0, 0.05) is 31.4 Å². The molecule has 2 aliphatic rings. The molecule has 104 valence electrons. The van der Waals surface area contributed by atoms with Crippen molar-refractivity contribution in [3.63, 3.8) is 0 Å². The molecule has 1 N–H and O–H groups in total. The average Bonchev–Trinajstić information content (AvgIpc) is 2.46. The normalized spacial score (nSPS) is 23.2. The third-order valence-electron chi connectivity index (χ3n) is 4.81. The van der Waals surface area contributed by atoms with E-state index in [9.17, 15) is 0 Å². The molecule has 0 radical (unpaired) electrons. The second kappa shape index (κ2) is 7.18. The second-order valence-electron chi connectivity index (χ2n) is 6.11. The zero-order valence-corrected chi connectivity index (χ0v) is 12.1. The van der Waals surface area contributed by atoms with E-state index < -0.39 is 0 Å². The van der Waals surface area contributed by atoms with Gasteiger partial charge in [-0.05, 0) is 25.7 Å². The molecule has 0 aromatic rings. The summed E-state index contributed by atoms with van der Waals surface area (Å²) in [7, 11) is 2.00. The molecule has 0 spiro atoms. The Hall–Kier alpha value is -0.500. The van der Waals surface area contributed by atoms with Gasteiger partial charge >= 0.3 is 0 Å². The van der Waals surface area contributed by atoms with E-state index in [1.807, 2.05) is 7.05 Å². The number of nitrogens with one attached hydrogen (secondary N) is 1. The van der Waals surface area contributed by atoms with Crippen LogP contribution >= 0.6 is 0 Å². The van der Waals surface area contributed by atoms with Gasteiger partial charge in [0.05, 0.1) is 0 Å². The topological polar surface area (TPSA) is 15.3 Å². The fourth-order valence-corrected chi connectivity index (χ4v) is 3.68. The van der Waals surface area contributed by atoms with Crippen molar-refractivity contribution < 1.29 is 0 Å². The predicted molar refractivity (Wildman–Crippen MR) is 78.7 cm³/mol. The van der Waals surface area contributed by atoms with Crippen molar-refractivity contribution in [2.45, 2.75) is 76.3 Å². The van der Waals surface area contributed by atoms with Crippen molar-refractivity contribution in [3.8, 4) is 0 Å². The van der Waals surface area contributed by atoms with Crippen LogP contribution in [0, 0.1) is 0 Å². The summed E-state index contributed by atoms with van der Waals surface area (Å²) in [6.07, 6.45) is 14.3. The van der Waals surface area contributed by atoms with Gasteiger partial charge in [0.1, 0.15) is 0 Å². The smallest absolute Gasteiger partial charge is 0.0381 e. The highest BCUT2D eigenvalue weighted by Crippen LogP contribution is 2.30. The molecule has 0 bridgehead atoms. The third-order valence-corrected chi connectivity index (χ3v) is 4.81. The Morgan fingerprint density at radius 2 is 1.39 bits per heavy atom. The van der Waals surface area contributed by atoms with E-state index in [2.05, 4.69) is 16.8 Å². The molecule has 0 amide bonds. The molecule has 0 unspecified atom stereocenters. The fraction of sp³-hybridized carbons (Fsp3) is 0.875. The van der Waals surface area contributed by atoms with Gasteiger partial charge in [-0.1, -0.05) is 45.1 Å². The lowest BCUT2D eigenvalue weighted by molar-refractivity contribution is 0.0898. The number of nitrogens with zero attached hydrogens (tertiary/aromatic N) is 1. The number of rotatable bonds is 5. The summed E-state index contributed by atoms with van der Waals surface area (Å²) in [4.78, 5) is 2.79. The minimum Gasteiger partial charge on any atom is -0.391 e. The first-order valence-corrected chi connectivity index (χ1v) is 7.92. The highest BCUT2D eigenvalue weighted by atomic mass is 15.2. The highest BCUT2D eigenvalue weighted by molar-refractivity contribution is 4.97. The van der Waals surface area contributed by atoms with Crippen LogP contribution in [0.15, 0.2) is 12.3 Å². The van der Waals surface area contributed by atoms with Crippen LogP contribution in [0.5, 0.6) is 0 Å². The first-order chi connectivity index (χ1) is 8.81. The molecule has 2 rings (SSSR count). The summed E-state index contributed by atoms with van der Waals surface area (Å²) >= 11 is 0. The van der Waals surface area contributed by atoms with E-state index in [0.717, 1.165) is 18.6 Å². The summed E-state index contributed by atoms with van der Waals surface area (Å²) in [6.45, 7) is 5.21. The lowest BCUT2D eigenvalue weighted by Gasteiger charge is -2.42. The van der Waals surface area contributed by atoms with Gasteiger partial charge in [0.2, 0.25) is 0 Å². The van der Waals surface area contributed by atoms with Gasteiger partial charge in [0.15, 0.2) is 0 Å². The van der Waals surface area contributed by atoms with Crippen LogP contribution in [0.3, 0.4) is 0 Å². The summed E-state index contributed by atoms with van der Waals surface area (Å²) in [5, 5.41) is 3.24. The third kappa shape index (κ3) is 3.74. The van der Waals surface area contributed by atoms with Crippen LogP contribution in [0.2, 0.25) is 0 Å². The lowest BCUT2D eigenvalue weighted by Crippen LogP contribution is -2.46. The first kappa shape index (κ1) is 13.9. The predicted octanol–water partition coefficient (Wildman–Crippen LogP) is 3.69. The Labute approximate surface area is 113 Å². The minimum atomic E-state index is 0.826. The Morgan fingerprint density at radius 3 is 1.78 bits per heavy atom. The van der Waals surface area contributed by atoms with E-state index in [1.165, 1.54) is 69.9 Å². The molecule has 2 nitrogen and oxygen atoms in total.